The van der Waals surface area contributed by atoms with Crippen molar-refractivity contribution in [3.63, 3.8) is 0 Å². The van der Waals surface area contributed by atoms with Gasteiger partial charge in [-0.1, -0.05) is 25.4 Å². The smallest absolute Gasteiger partial charge is 0.0859 e. The van der Waals surface area contributed by atoms with Crippen LogP contribution in [0.1, 0.15) is 36.0 Å². The molecule has 2 aromatic heterocycles. The van der Waals surface area contributed by atoms with Gasteiger partial charge in [0.1, 0.15) is 0 Å². The van der Waals surface area contributed by atoms with Gasteiger partial charge in [0.25, 0.3) is 0 Å². The maximum Gasteiger partial charge on any atom is 0.0859 e. The minimum atomic E-state index is 0.130. The second-order valence-corrected chi connectivity index (χ2v) is 5.51. The number of aryl methyl sites for hydroxylation is 2. The molecule has 0 spiro atoms. The Morgan fingerprint density at radius 3 is 2.83 bits per heavy atom. The quantitative estimate of drug-likeness (QED) is 0.911. The molecule has 1 N–H and O–H groups in total. The van der Waals surface area contributed by atoms with E-state index in [-0.39, 0.29) is 6.04 Å². The van der Waals surface area contributed by atoms with Crippen molar-refractivity contribution in [2.24, 2.45) is 7.05 Å². The zero-order chi connectivity index (χ0) is 13.1. The molecule has 18 heavy (non-hydrogen) atoms. The topological polar surface area (TPSA) is 29.9 Å². The predicted molar refractivity (Wildman–Crippen MR) is 77.4 cm³/mol. The van der Waals surface area contributed by atoms with E-state index in [1.54, 1.807) is 17.5 Å². The van der Waals surface area contributed by atoms with E-state index in [0.717, 1.165) is 23.7 Å². The summed E-state index contributed by atoms with van der Waals surface area (Å²) in [6.07, 6.45) is 2.75. The van der Waals surface area contributed by atoms with Crippen molar-refractivity contribution in [2.45, 2.75) is 26.3 Å². The zero-order valence-corrected chi connectivity index (χ0v) is 12.5. The van der Waals surface area contributed by atoms with Gasteiger partial charge < -0.3 is 5.32 Å². The van der Waals surface area contributed by atoms with Crippen LogP contribution in [0.25, 0.3) is 0 Å². The average molecular weight is 284 g/mol. The number of nitrogens with one attached hydrogen (secondary N) is 1. The molecule has 98 valence electrons. The standard InChI is InChI=1S/C13H18ClN3S/c1-4-9-6-7-18-13(9)11(15-5-2)12-10(14)8-16-17(12)3/h6-8,11,15H,4-5H2,1-3H3. The first-order chi connectivity index (χ1) is 8.69. The molecule has 0 bridgehead atoms. The summed E-state index contributed by atoms with van der Waals surface area (Å²) < 4.78 is 1.86. The van der Waals surface area contributed by atoms with Crippen molar-refractivity contribution in [1.29, 1.82) is 0 Å². The maximum absolute atomic E-state index is 6.27. The van der Waals surface area contributed by atoms with Crippen LogP contribution in [-0.4, -0.2) is 16.3 Å². The lowest BCUT2D eigenvalue weighted by Crippen LogP contribution is -2.24. The fourth-order valence-electron chi connectivity index (χ4n) is 2.16. The van der Waals surface area contributed by atoms with Crippen molar-refractivity contribution in [1.82, 2.24) is 15.1 Å². The Morgan fingerprint density at radius 2 is 2.28 bits per heavy atom. The molecule has 0 saturated heterocycles. The number of hydrogen-bond acceptors (Lipinski definition) is 3. The third kappa shape index (κ3) is 2.46. The van der Waals surface area contributed by atoms with Crippen LogP contribution in [0.3, 0.4) is 0 Å². The first-order valence-corrected chi connectivity index (χ1v) is 7.41. The van der Waals surface area contributed by atoms with Gasteiger partial charge in [-0.25, -0.2) is 0 Å². The number of halogens is 1. The lowest BCUT2D eigenvalue weighted by molar-refractivity contribution is 0.576. The van der Waals surface area contributed by atoms with Gasteiger partial charge in [-0.15, -0.1) is 11.3 Å². The molecule has 0 aliphatic carbocycles. The van der Waals surface area contributed by atoms with Crippen LogP contribution >= 0.6 is 22.9 Å². The largest absolute Gasteiger partial charge is 0.305 e. The summed E-state index contributed by atoms with van der Waals surface area (Å²) in [6.45, 7) is 5.18. The molecule has 3 nitrogen and oxygen atoms in total. The molecule has 0 aromatic carbocycles. The van der Waals surface area contributed by atoms with Crippen molar-refractivity contribution in [2.75, 3.05) is 6.54 Å². The van der Waals surface area contributed by atoms with Gasteiger partial charge in [0.05, 0.1) is 23.0 Å². The zero-order valence-electron chi connectivity index (χ0n) is 10.9. The van der Waals surface area contributed by atoms with Gasteiger partial charge >= 0.3 is 0 Å². The van der Waals surface area contributed by atoms with E-state index in [1.165, 1.54) is 10.4 Å². The van der Waals surface area contributed by atoms with E-state index < -0.39 is 0 Å². The highest BCUT2D eigenvalue weighted by Crippen LogP contribution is 2.33. The Bertz CT molecular complexity index is 499. The number of rotatable bonds is 5. The minimum absolute atomic E-state index is 0.130. The average Bonchev–Trinajstić information content (AvgIpc) is 2.94. The molecular weight excluding hydrogens is 266 g/mol. The summed E-state index contributed by atoms with van der Waals surface area (Å²) in [5.74, 6) is 0. The molecule has 1 unspecified atom stereocenters. The SMILES string of the molecule is CCNC(c1sccc1CC)c1c(Cl)cnn1C. The first kappa shape index (κ1) is 13.6. The Morgan fingerprint density at radius 1 is 1.50 bits per heavy atom. The molecule has 0 saturated carbocycles. The van der Waals surface area contributed by atoms with Crippen LogP contribution in [-0.2, 0) is 13.5 Å². The van der Waals surface area contributed by atoms with E-state index in [1.807, 2.05) is 11.7 Å². The van der Waals surface area contributed by atoms with Crippen molar-refractivity contribution in [3.8, 4) is 0 Å². The van der Waals surface area contributed by atoms with E-state index in [9.17, 15) is 0 Å². The van der Waals surface area contributed by atoms with E-state index in [0.29, 0.717) is 0 Å². The molecule has 0 radical (unpaired) electrons. The van der Waals surface area contributed by atoms with Crippen LogP contribution in [0, 0.1) is 0 Å². The molecule has 1 atom stereocenters. The number of aromatic nitrogens is 2. The minimum Gasteiger partial charge on any atom is -0.305 e. The van der Waals surface area contributed by atoms with E-state index in [2.05, 4.69) is 35.7 Å². The fourth-order valence-corrected chi connectivity index (χ4v) is 3.50. The number of thiophene rings is 1. The molecule has 2 aromatic rings. The first-order valence-electron chi connectivity index (χ1n) is 6.16. The second kappa shape index (κ2) is 5.87. The van der Waals surface area contributed by atoms with Gasteiger partial charge in [0, 0.05) is 11.9 Å². The monoisotopic (exact) mass is 283 g/mol. The molecule has 2 rings (SSSR count). The summed E-state index contributed by atoms with van der Waals surface area (Å²) >= 11 is 8.04. The number of nitrogens with zero attached hydrogens (tertiary/aromatic N) is 2. The van der Waals surface area contributed by atoms with Gasteiger partial charge in [-0.3, -0.25) is 4.68 Å². The third-order valence-corrected chi connectivity index (χ3v) is 4.36. The summed E-state index contributed by atoms with van der Waals surface area (Å²) in [5, 5.41) is 10.6. The van der Waals surface area contributed by atoms with Gasteiger partial charge in [-0.05, 0) is 30.0 Å². The van der Waals surface area contributed by atoms with Gasteiger partial charge in [-0.2, -0.15) is 5.10 Å². The predicted octanol–water partition coefficient (Wildman–Crippen LogP) is 3.40. The third-order valence-electron chi connectivity index (χ3n) is 3.04. The molecule has 0 fully saturated rings. The lowest BCUT2D eigenvalue weighted by Gasteiger charge is -2.19. The number of hydrogen-bond donors (Lipinski definition) is 1. The summed E-state index contributed by atoms with van der Waals surface area (Å²) in [5.41, 5.74) is 2.42. The Hall–Kier alpha value is -0.840. The highest BCUT2D eigenvalue weighted by atomic mass is 35.5. The molecule has 2 heterocycles. The maximum atomic E-state index is 6.27. The lowest BCUT2D eigenvalue weighted by atomic mass is 10.1. The fraction of sp³-hybridized carbons (Fsp3) is 0.462. The van der Waals surface area contributed by atoms with E-state index >= 15 is 0 Å². The van der Waals surface area contributed by atoms with Crippen molar-refractivity contribution >= 4 is 22.9 Å². The summed E-state index contributed by atoms with van der Waals surface area (Å²) in [6, 6.07) is 2.32. The molecular formula is C13H18ClN3S. The van der Waals surface area contributed by atoms with Crippen LogP contribution in [0.15, 0.2) is 17.6 Å². The Labute approximate surface area is 117 Å². The van der Waals surface area contributed by atoms with Crippen LogP contribution in [0.4, 0.5) is 0 Å². The Balaban J connectivity index is 2.46. The van der Waals surface area contributed by atoms with Crippen molar-refractivity contribution < 1.29 is 0 Å². The van der Waals surface area contributed by atoms with Crippen LogP contribution in [0.5, 0.6) is 0 Å². The van der Waals surface area contributed by atoms with Crippen LogP contribution < -0.4 is 5.32 Å². The Kier molecular flexibility index (Phi) is 4.43. The molecule has 0 amide bonds. The van der Waals surface area contributed by atoms with Crippen molar-refractivity contribution in [3.05, 3.63) is 38.8 Å². The normalized spacial score (nSPS) is 12.9. The molecule has 0 aliphatic heterocycles. The summed E-state index contributed by atoms with van der Waals surface area (Å²) in [7, 11) is 1.94. The highest BCUT2D eigenvalue weighted by molar-refractivity contribution is 7.10. The van der Waals surface area contributed by atoms with E-state index in [4.69, 9.17) is 11.6 Å². The second-order valence-electron chi connectivity index (χ2n) is 4.16. The van der Waals surface area contributed by atoms with Crippen LogP contribution in [0.2, 0.25) is 5.02 Å². The highest BCUT2D eigenvalue weighted by Gasteiger charge is 2.23. The molecule has 5 heteroatoms. The molecule has 0 aliphatic rings. The van der Waals surface area contributed by atoms with Gasteiger partial charge in [0.2, 0.25) is 0 Å². The van der Waals surface area contributed by atoms with Gasteiger partial charge in [0.15, 0.2) is 0 Å². The summed E-state index contributed by atoms with van der Waals surface area (Å²) in [4.78, 5) is 1.34.